The van der Waals surface area contributed by atoms with Crippen molar-refractivity contribution < 1.29 is 14.6 Å². The number of hydrogen-bond acceptors (Lipinski definition) is 4. The van der Waals surface area contributed by atoms with Crippen LogP contribution in [-0.2, 0) is 9.53 Å². The lowest BCUT2D eigenvalue weighted by atomic mass is 10.2. The predicted molar refractivity (Wildman–Crippen MR) is 57.8 cm³/mol. The third-order valence-corrected chi connectivity index (χ3v) is 1.89. The van der Waals surface area contributed by atoms with Crippen molar-refractivity contribution in [1.29, 1.82) is 0 Å². The predicted octanol–water partition coefficient (Wildman–Crippen LogP) is 1.76. The average Bonchev–Trinajstić information content (AvgIpc) is 2.22. The van der Waals surface area contributed by atoms with E-state index in [1.807, 2.05) is 0 Å². The molecule has 0 amide bonds. The van der Waals surface area contributed by atoms with Gasteiger partial charge in [0.1, 0.15) is 11.8 Å². The third-order valence-electron chi connectivity index (χ3n) is 1.89. The van der Waals surface area contributed by atoms with Gasteiger partial charge in [-0.2, -0.15) is 0 Å². The number of nitrogens with one attached hydrogen (secondary N) is 1. The van der Waals surface area contributed by atoms with Gasteiger partial charge >= 0.3 is 5.97 Å². The standard InChI is InChI=1S/C11H15NO3/c1-3-15-11(14)8(2)12-9-4-6-10(13)7-5-9/h4-8,12-13H,3H2,1-2H3/t8-/m0/s1. The Hall–Kier alpha value is -1.71. The fourth-order valence-corrected chi connectivity index (χ4v) is 1.13. The molecule has 0 aliphatic heterocycles. The van der Waals surface area contributed by atoms with Gasteiger partial charge in [-0.1, -0.05) is 0 Å². The number of rotatable bonds is 4. The lowest BCUT2D eigenvalue weighted by molar-refractivity contribution is -0.143. The van der Waals surface area contributed by atoms with Gasteiger partial charge in [-0.3, -0.25) is 0 Å². The highest BCUT2D eigenvalue weighted by atomic mass is 16.5. The number of phenolic OH excluding ortho intramolecular Hbond substituents is 1. The molecule has 82 valence electrons. The van der Waals surface area contributed by atoms with E-state index in [0.29, 0.717) is 6.61 Å². The maximum atomic E-state index is 11.3. The van der Waals surface area contributed by atoms with Crippen LogP contribution >= 0.6 is 0 Å². The summed E-state index contributed by atoms with van der Waals surface area (Å²) in [6.45, 7) is 3.87. The van der Waals surface area contributed by atoms with Crippen molar-refractivity contribution in [1.82, 2.24) is 0 Å². The topological polar surface area (TPSA) is 58.6 Å². The highest BCUT2D eigenvalue weighted by Crippen LogP contribution is 2.14. The molecule has 0 heterocycles. The average molecular weight is 209 g/mol. The van der Waals surface area contributed by atoms with E-state index in [9.17, 15) is 4.79 Å². The van der Waals surface area contributed by atoms with Gasteiger partial charge in [0, 0.05) is 5.69 Å². The quantitative estimate of drug-likeness (QED) is 0.586. The maximum absolute atomic E-state index is 11.3. The molecule has 0 saturated carbocycles. The zero-order valence-electron chi connectivity index (χ0n) is 8.86. The van der Waals surface area contributed by atoms with E-state index in [0.717, 1.165) is 5.69 Å². The van der Waals surface area contributed by atoms with Crippen LogP contribution in [0.4, 0.5) is 5.69 Å². The second-order valence-corrected chi connectivity index (χ2v) is 3.16. The first-order valence-electron chi connectivity index (χ1n) is 4.85. The molecule has 0 radical (unpaired) electrons. The van der Waals surface area contributed by atoms with Crippen molar-refractivity contribution in [3.05, 3.63) is 24.3 Å². The highest BCUT2D eigenvalue weighted by Gasteiger charge is 2.12. The summed E-state index contributed by atoms with van der Waals surface area (Å²) in [4.78, 5) is 11.3. The number of carbonyl (C=O) groups is 1. The largest absolute Gasteiger partial charge is 0.508 e. The smallest absolute Gasteiger partial charge is 0.328 e. The Labute approximate surface area is 88.9 Å². The van der Waals surface area contributed by atoms with Crippen LogP contribution in [0.3, 0.4) is 0 Å². The first-order chi connectivity index (χ1) is 7.13. The van der Waals surface area contributed by atoms with Crippen LogP contribution in [0, 0.1) is 0 Å². The van der Waals surface area contributed by atoms with Gasteiger partial charge in [0.2, 0.25) is 0 Å². The molecule has 4 heteroatoms. The number of phenols is 1. The molecule has 0 unspecified atom stereocenters. The van der Waals surface area contributed by atoms with E-state index in [-0.39, 0.29) is 11.7 Å². The molecule has 0 aliphatic carbocycles. The Balaban J connectivity index is 2.54. The summed E-state index contributed by atoms with van der Waals surface area (Å²) in [5.41, 5.74) is 0.772. The Morgan fingerprint density at radius 3 is 2.60 bits per heavy atom. The van der Waals surface area contributed by atoms with E-state index >= 15 is 0 Å². The molecule has 1 aromatic rings. The van der Waals surface area contributed by atoms with Gasteiger partial charge in [0.05, 0.1) is 6.61 Å². The van der Waals surface area contributed by atoms with Crippen LogP contribution in [0.5, 0.6) is 5.75 Å². The van der Waals surface area contributed by atoms with E-state index < -0.39 is 6.04 Å². The third kappa shape index (κ3) is 3.50. The van der Waals surface area contributed by atoms with Crippen LogP contribution in [0.1, 0.15) is 13.8 Å². The van der Waals surface area contributed by atoms with Crippen LogP contribution in [0.15, 0.2) is 24.3 Å². The summed E-state index contributed by atoms with van der Waals surface area (Å²) in [6, 6.07) is 6.12. The molecule has 0 aromatic heterocycles. The number of hydrogen-bond donors (Lipinski definition) is 2. The van der Waals surface area contributed by atoms with Gasteiger partial charge in [-0.25, -0.2) is 4.79 Å². The second kappa shape index (κ2) is 5.24. The monoisotopic (exact) mass is 209 g/mol. The molecule has 0 spiro atoms. The summed E-state index contributed by atoms with van der Waals surface area (Å²) < 4.78 is 4.85. The van der Waals surface area contributed by atoms with E-state index in [1.54, 1.807) is 38.1 Å². The Kier molecular flexibility index (Phi) is 3.97. The van der Waals surface area contributed by atoms with E-state index in [1.165, 1.54) is 0 Å². The van der Waals surface area contributed by atoms with E-state index in [2.05, 4.69) is 5.32 Å². The molecule has 1 aromatic carbocycles. The zero-order chi connectivity index (χ0) is 11.3. The Morgan fingerprint density at radius 2 is 2.07 bits per heavy atom. The zero-order valence-corrected chi connectivity index (χ0v) is 8.86. The van der Waals surface area contributed by atoms with Crippen LogP contribution in [0.2, 0.25) is 0 Å². The van der Waals surface area contributed by atoms with Gasteiger partial charge in [0.25, 0.3) is 0 Å². The normalized spacial score (nSPS) is 11.9. The lowest BCUT2D eigenvalue weighted by Crippen LogP contribution is -2.28. The Morgan fingerprint density at radius 1 is 1.47 bits per heavy atom. The number of benzene rings is 1. The van der Waals surface area contributed by atoms with Crippen molar-refractivity contribution in [2.75, 3.05) is 11.9 Å². The van der Waals surface area contributed by atoms with Gasteiger partial charge in [-0.05, 0) is 38.1 Å². The number of carbonyl (C=O) groups excluding carboxylic acids is 1. The minimum Gasteiger partial charge on any atom is -0.508 e. The first-order valence-corrected chi connectivity index (χ1v) is 4.85. The minimum absolute atomic E-state index is 0.198. The van der Waals surface area contributed by atoms with Crippen molar-refractivity contribution in [3.63, 3.8) is 0 Å². The van der Waals surface area contributed by atoms with Crippen molar-refractivity contribution in [3.8, 4) is 5.75 Å². The van der Waals surface area contributed by atoms with Crippen LogP contribution in [0.25, 0.3) is 0 Å². The number of aromatic hydroxyl groups is 1. The molecule has 4 nitrogen and oxygen atoms in total. The molecule has 15 heavy (non-hydrogen) atoms. The molecular formula is C11H15NO3. The van der Waals surface area contributed by atoms with Crippen molar-refractivity contribution >= 4 is 11.7 Å². The minimum atomic E-state index is -0.394. The molecular weight excluding hydrogens is 194 g/mol. The summed E-state index contributed by atoms with van der Waals surface area (Å²) >= 11 is 0. The summed E-state index contributed by atoms with van der Waals surface area (Å²) in [5, 5.41) is 12.0. The fourth-order valence-electron chi connectivity index (χ4n) is 1.13. The SMILES string of the molecule is CCOC(=O)[C@H](C)Nc1ccc(O)cc1. The molecule has 0 saturated heterocycles. The molecule has 0 fully saturated rings. The molecule has 0 bridgehead atoms. The Bertz CT molecular complexity index is 321. The van der Waals surface area contributed by atoms with Crippen molar-refractivity contribution in [2.24, 2.45) is 0 Å². The maximum Gasteiger partial charge on any atom is 0.328 e. The lowest BCUT2D eigenvalue weighted by Gasteiger charge is -2.13. The van der Waals surface area contributed by atoms with Gasteiger partial charge in [0.15, 0.2) is 0 Å². The van der Waals surface area contributed by atoms with Crippen LogP contribution in [-0.4, -0.2) is 23.7 Å². The van der Waals surface area contributed by atoms with Crippen LogP contribution < -0.4 is 5.32 Å². The number of ether oxygens (including phenoxy) is 1. The first kappa shape index (κ1) is 11.4. The highest BCUT2D eigenvalue weighted by molar-refractivity contribution is 5.78. The summed E-state index contributed by atoms with van der Waals surface area (Å²) in [6.07, 6.45) is 0. The fraction of sp³-hybridized carbons (Fsp3) is 0.364. The molecule has 1 rings (SSSR count). The number of anilines is 1. The van der Waals surface area contributed by atoms with Gasteiger partial charge in [-0.15, -0.1) is 0 Å². The summed E-state index contributed by atoms with van der Waals surface area (Å²) in [7, 11) is 0. The molecule has 2 N–H and O–H groups in total. The van der Waals surface area contributed by atoms with Crippen molar-refractivity contribution in [2.45, 2.75) is 19.9 Å². The summed E-state index contributed by atoms with van der Waals surface area (Å²) in [5.74, 6) is -0.0880. The van der Waals surface area contributed by atoms with Gasteiger partial charge < -0.3 is 15.2 Å². The molecule has 0 aliphatic rings. The van der Waals surface area contributed by atoms with E-state index in [4.69, 9.17) is 9.84 Å². The molecule has 1 atom stereocenters. The second-order valence-electron chi connectivity index (χ2n) is 3.16. The number of esters is 1.